The summed E-state index contributed by atoms with van der Waals surface area (Å²) < 4.78 is 5.00. The van der Waals surface area contributed by atoms with Crippen LogP contribution in [0.3, 0.4) is 0 Å². The smallest absolute Gasteiger partial charge is 0.341 e. The molecule has 1 aromatic carbocycles. The molecule has 13 heavy (non-hydrogen) atoms. The first kappa shape index (κ1) is 12.5. The number of aryl methyl sites for hydroxylation is 1. The van der Waals surface area contributed by atoms with Gasteiger partial charge in [-0.2, -0.15) is 0 Å². The van der Waals surface area contributed by atoms with Crippen molar-refractivity contribution in [1.82, 2.24) is 0 Å². The van der Waals surface area contributed by atoms with Crippen LogP contribution in [-0.4, -0.2) is 47.2 Å². The zero-order valence-electron chi connectivity index (χ0n) is 7.78. The predicted molar refractivity (Wildman–Crippen MR) is 50.1 cm³/mol. The van der Waals surface area contributed by atoms with Crippen molar-refractivity contribution in [2.24, 2.45) is 0 Å². The molecule has 1 radical (unpaired) electrons. The van der Waals surface area contributed by atoms with Gasteiger partial charge in [-0.3, -0.25) is 0 Å². The summed E-state index contributed by atoms with van der Waals surface area (Å²) in [6.07, 6.45) is 0. The van der Waals surface area contributed by atoms with Gasteiger partial charge in [0.05, 0.1) is 0 Å². The van der Waals surface area contributed by atoms with Crippen molar-refractivity contribution in [3.05, 3.63) is 29.8 Å². The van der Waals surface area contributed by atoms with Crippen molar-refractivity contribution >= 4 is 35.5 Å². The molecule has 0 aliphatic heterocycles. The SMILES string of the molecule is Cc1ccccc1OCC(=O)O.[Na]. The molecule has 0 spiro atoms. The molecule has 4 heteroatoms. The van der Waals surface area contributed by atoms with Gasteiger partial charge in [0.2, 0.25) is 0 Å². The molecular formula is C9H10NaO3. The van der Waals surface area contributed by atoms with E-state index in [0.717, 1.165) is 5.56 Å². The van der Waals surface area contributed by atoms with E-state index >= 15 is 0 Å². The van der Waals surface area contributed by atoms with E-state index in [1.54, 1.807) is 6.07 Å². The standard InChI is InChI=1S/C9H10O3.Na/c1-7-4-2-3-5-8(7)12-6-9(10)11;/h2-5H,6H2,1H3,(H,10,11);. The third-order valence-electron chi connectivity index (χ3n) is 1.44. The summed E-state index contributed by atoms with van der Waals surface area (Å²) >= 11 is 0. The molecule has 0 bridgehead atoms. The van der Waals surface area contributed by atoms with Crippen LogP contribution in [0.1, 0.15) is 5.56 Å². The van der Waals surface area contributed by atoms with Gasteiger partial charge < -0.3 is 9.84 Å². The van der Waals surface area contributed by atoms with Crippen LogP contribution in [-0.2, 0) is 4.79 Å². The molecule has 1 N–H and O–H groups in total. The van der Waals surface area contributed by atoms with Crippen molar-refractivity contribution in [1.29, 1.82) is 0 Å². The summed E-state index contributed by atoms with van der Waals surface area (Å²) in [5, 5.41) is 8.34. The average Bonchev–Trinajstić information content (AvgIpc) is 2.03. The molecule has 0 saturated carbocycles. The third kappa shape index (κ3) is 4.31. The van der Waals surface area contributed by atoms with Crippen LogP contribution in [0.4, 0.5) is 0 Å². The van der Waals surface area contributed by atoms with Crippen LogP contribution in [0.5, 0.6) is 5.75 Å². The maximum Gasteiger partial charge on any atom is 0.341 e. The second kappa shape index (κ2) is 6.02. The largest absolute Gasteiger partial charge is 0.482 e. The summed E-state index contributed by atoms with van der Waals surface area (Å²) in [7, 11) is 0. The number of benzene rings is 1. The van der Waals surface area contributed by atoms with E-state index < -0.39 is 5.97 Å². The van der Waals surface area contributed by atoms with Gasteiger partial charge in [0.1, 0.15) is 5.75 Å². The molecule has 0 heterocycles. The summed E-state index contributed by atoms with van der Waals surface area (Å²) in [5.41, 5.74) is 0.943. The number of para-hydroxylation sites is 1. The zero-order valence-corrected chi connectivity index (χ0v) is 9.78. The van der Waals surface area contributed by atoms with Gasteiger partial charge in [0, 0.05) is 29.6 Å². The minimum Gasteiger partial charge on any atom is -0.482 e. The Kier molecular flexibility index (Phi) is 5.79. The quantitative estimate of drug-likeness (QED) is 0.723. The molecule has 1 rings (SSSR count). The van der Waals surface area contributed by atoms with Crippen molar-refractivity contribution in [3.8, 4) is 5.75 Å². The normalized spacial score (nSPS) is 8.69. The van der Waals surface area contributed by atoms with Gasteiger partial charge >= 0.3 is 5.97 Å². The Morgan fingerprint density at radius 2 is 2.08 bits per heavy atom. The fourth-order valence-electron chi connectivity index (χ4n) is 0.858. The molecule has 0 fully saturated rings. The van der Waals surface area contributed by atoms with Crippen molar-refractivity contribution in [2.45, 2.75) is 6.92 Å². The molecule has 0 atom stereocenters. The van der Waals surface area contributed by atoms with E-state index in [4.69, 9.17) is 9.84 Å². The van der Waals surface area contributed by atoms with E-state index in [2.05, 4.69) is 0 Å². The molecule has 65 valence electrons. The Balaban J connectivity index is 0.00000144. The topological polar surface area (TPSA) is 46.5 Å². The van der Waals surface area contributed by atoms with Gasteiger partial charge in [-0.25, -0.2) is 4.79 Å². The number of hydrogen-bond donors (Lipinski definition) is 1. The average molecular weight is 189 g/mol. The summed E-state index contributed by atoms with van der Waals surface area (Å²) in [6, 6.07) is 7.31. The first-order chi connectivity index (χ1) is 5.70. The maximum atomic E-state index is 10.2. The number of hydrogen-bond acceptors (Lipinski definition) is 2. The van der Waals surface area contributed by atoms with Gasteiger partial charge in [-0.15, -0.1) is 0 Å². The zero-order chi connectivity index (χ0) is 8.97. The molecule has 0 amide bonds. The molecule has 0 saturated heterocycles. The number of carbonyl (C=O) groups is 1. The van der Waals surface area contributed by atoms with Gasteiger partial charge in [-0.05, 0) is 18.6 Å². The summed E-state index contributed by atoms with van der Waals surface area (Å²) in [6.45, 7) is 1.59. The fourth-order valence-corrected chi connectivity index (χ4v) is 0.858. The van der Waals surface area contributed by atoms with E-state index in [1.807, 2.05) is 25.1 Å². The predicted octanol–water partition coefficient (Wildman–Crippen LogP) is 1.08. The van der Waals surface area contributed by atoms with Crippen LogP contribution >= 0.6 is 0 Å². The molecule has 0 aliphatic carbocycles. The second-order valence-electron chi connectivity index (χ2n) is 2.45. The second-order valence-corrected chi connectivity index (χ2v) is 2.45. The number of rotatable bonds is 3. The number of carboxylic acid groups (broad SMARTS) is 1. The number of carboxylic acids is 1. The summed E-state index contributed by atoms with van der Waals surface area (Å²) in [4.78, 5) is 10.2. The van der Waals surface area contributed by atoms with Crippen LogP contribution in [0.2, 0.25) is 0 Å². The first-order valence-electron chi connectivity index (χ1n) is 3.60. The van der Waals surface area contributed by atoms with Crippen LogP contribution in [0, 0.1) is 6.92 Å². The maximum absolute atomic E-state index is 10.2. The van der Waals surface area contributed by atoms with Crippen molar-refractivity contribution < 1.29 is 14.6 Å². The molecule has 3 nitrogen and oxygen atoms in total. The Morgan fingerprint density at radius 3 is 2.62 bits per heavy atom. The Bertz CT molecular complexity index is 286. The monoisotopic (exact) mass is 189 g/mol. The van der Waals surface area contributed by atoms with Crippen molar-refractivity contribution in [2.75, 3.05) is 6.61 Å². The third-order valence-corrected chi connectivity index (χ3v) is 1.44. The Labute approximate surface area is 99.0 Å². The number of ether oxygens (including phenoxy) is 1. The van der Waals surface area contributed by atoms with E-state index in [1.165, 1.54) is 0 Å². The molecule has 1 aromatic rings. The van der Waals surface area contributed by atoms with E-state index in [-0.39, 0.29) is 36.2 Å². The Hall–Kier alpha value is -0.510. The van der Waals surface area contributed by atoms with Crippen LogP contribution < -0.4 is 4.74 Å². The number of aliphatic carboxylic acids is 1. The van der Waals surface area contributed by atoms with Gasteiger partial charge in [-0.1, -0.05) is 18.2 Å². The van der Waals surface area contributed by atoms with E-state index in [9.17, 15) is 4.79 Å². The fraction of sp³-hybridized carbons (Fsp3) is 0.222. The minimum atomic E-state index is -0.960. The van der Waals surface area contributed by atoms with Crippen molar-refractivity contribution in [3.63, 3.8) is 0 Å². The molecule has 0 unspecified atom stereocenters. The van der Waals surface area contributed by atoms with Gasteiger partial charge in [0.25, 0.3) is 0 Å². The van der Waals surface area contributed by atoms with Crippen LogP contribution in [0.25, 0.3) is 0 Å². The van der Waals surface area contributed by atoms with Gasteiger partial charge in [0.15, 0.2) is 6.61 Å². The summed E-state index contributed by atoms with van der Waals surface area (Å²) in [5.74, 6) is -0.335. The van der Waals surface area contributed by atoms with E-state index in [0.29, 0.717) is 5.75 Å². The molecular weight excluding hydrogens is 179 g/mol. The first-order valence-corrected chi connectivity index (χ1v) is 3.60. The van der Waals surface area contributed by atoms with Crippen LogP contribution in [0.15, 0.2) is 24.3 Å². The minimum absolute atomic E-state index is 0. The Morgan fingerprint density at radius 1 is 1.46 bits per heavy atom. The molecule has 0 aliphatic rings. The molecule has 0 aromatic heterocycles.